The Hall–Kier alpha value is -2.88. The van der Waals surface area contributed by atoms with Crippen LogP contribution >= 0.6 is 0 Å². The van der Waals surface area contributed by atoms with Crippen molar-refractivity contribution in [3.05, 3.63) is 42.0 Å². The quantitative estimate of drug-likeness (QED) is 0.792. The molecule has 1 aromatic carbocycles. The third-order valence-corrected chi connectivity index (χ3v) is 2.50. The first-order valence-corrected chi connectivity index (χ1v) is 6.02. The van der Waals surface area contributed by atoms with Crippen molar-refractivity contribution in [1.82, 2.24) is 20.5 Å². The predicted octanol–water partition coefficient (Wildman–Crippen LogP) is 0.414. The van der Waals surface area contributed by atoms with Crippen LogP contribution in [-0.4, -0.2) is 34.2 Å². The molecule has 7 heteroatoms. The number of carbonyl (C=O) groups is 1. The molecule has 0 aliphatic rings. The Morgan fingerprint density at radius 3 is 2.85 bits per heavy atom. The van der Waals surface area contributed by atoms with Gasteiger partial charge in [0, 0.05) is 13.0 Å². The van der Waals surface area contributed by atoms with E-state index in [1.165, 1.54) is 6.33 Å². The molecule has 0 spiro atoms. The Morgan fingerprint density at radius 1 is 1.40 bits per heavy atom. The van der Waals surface area contributed by atoms with Crippen molar-refractivity contribution in [3.8, 4) is 11.8 Å². The molecule has 1 heterocycles. The maximum absolute atomic E-state index is 11.5. The van der Waals surface area contributed by atoms with Gasteiger partial charge >= 0.3 is 0 Å². The van der Waals surface area contributed by atoms with Gasteiger partial charge in [-0.2, -0.15) is 10.4 Å². The van der Waals surface area contributed by atoms with Crippen LogP contribution < -0.4 is 10.1 Å². The number of aromatic amines is 1. The molecular weight excluding hydrogens is 258 g/mol. The maximum Gasteiger partial charge on any atom is 0.257 e. The van der Waals surface area contributed by atoms with Crippen LogP contribution in [0.3, 0.4) is 0 Å². The van der Waals surface area contributed by atoms with E-state index in [2.05, 4.69) is 20.5 Å². The van der Waals surface area contributed by atoms with Crippen LogP contribution in [0.15, 0.2) is 30.6 Å². The van der Waals surface area contributed by atoms with Crippen LogP contribution in [0, 0.1) is 11.3 Å². The number of amides is 1. The maximum atomic E-state index is 11.5. The summed E-state index contributed by atoms with van der Waals surface area (Å²) in [7, 11) is 0. The Morgan fingerprint density at radius 2 is 2.20 bits per heavy atom. The third kappa shape index (κ3) is 4.10. The zero-order chi connectivity index (χ0) is 14.2. The van der Waals surface area contributed by atoms with E-state index in [-0.39, 0.29) is 12.5 Å². The minimum Gasteiger partial charge on any atom is -0.484 e. The van der Waals surface area contributed by atoms with Gasteiger partial charge in [-0.3, -0.25) is 9.89 Å². The summed E-state index contributed by atoms with van der Waals surface area (Å²) in [5.41, 5.74) is 0.550. The number of hydrogen-bond donors (Lipinski definition) is 2. The van der Waals surface area contributed by atoms with Crippen LogP contribution in [0.2, 0.25) is 0 Å². The van der Waals surface area contributed by atoms with Crippen molar-refractivity contribution in [1.29, 1.82) is 5.26 Å². The molecule has 0 aliphatic carbocycles. The first kappa shape index (κ1) is 13.5. The summed E-state index contributed by atoms with van der Waals surface area (Å²) in [6.45, 7) is 0.396. The molecule has 1 aromatic heterocycles. The van der Waals surface area contributed by atoms with Crippen LogP contribution in [0.4, 0.5) is 0 Å². The molecule has 0 bridgehead atoms. The number of aromatic nitrogens is 3. The Balaban J connectivity index is 1.68. The molecule has 0 saturated heterocycles. The Bertz CT molecular complexity index is 586. The summed E-state index contributed by atoms with van der Waals surface area (Å²) in [5.74, 6) is 1.06. The highest BCUT2D eigenvalue weighted by Gasteiger charge is 2.03. The minimum absolute atomic E-state index is 0.0672. The predicted molar refractivity (Wildman–Crippen MR) is 69.7 cm³/mol. The van der Waals surface area contributed by atoms with Gasteiger partial charge in [-0.1, -0.05) is 0 Å². The number of nitriles is 1. The molecule has 2 rings (SSSR count). The second-order valence-electron chi connectivity index (χ2n) is 3.96. The molecule has 20 heavy (non-hydrogen) atoms. The zero-order valence-electron chi connectivity index (χ0n) is 10.7. The smallest absolute Gasteiger partial charge is 0.257 e. The van der Waals surface area contributed by atoms with Crippen molar-refractivity contribution in [2.75, 3.05) is 13.2 Å². The van der Waals surface area contributed by atoms with Gasteiger partial charge in [0.25, 0.3) is 5.91 Å². The number of hydrogen-bond acceptors (Lipinski definition) is 5. The minimum atomic E-state index is -0.214. The molecule has 2 N–H and O–H groups in total. The lowest BCUT2D eigenvalue weighted by molar-refractivity contribution is -0.123. The molecular formula is C13H13N5O2. The van der Waals surface area contributed by atoms with E-state index in [4.69, 9.17) is 10.00 Å². The third-order valence-electron chi connectivity index (χ3n) is 2.50. The molecule has 0 saturated carbocycles. The van der Waals surface area contributed by atoms with Gasteiger partial charge in [0.1, 0.15) is 17.9 Å². The van der Waals surface area contributed by atoms with Gasteiger partial charge in [-0.15, -0.1) is 0 Å². The summed E-state index contributed by atoms with van der Waals surface area (Å²) in [4.78, 5) is 15.5. The molecule has 1 amide bonds. The first-order chi connectivity index (χ1) is 9.78. The van der Waals surface area contributed by atoms with Gasteiger partial charge < -0.3 is 10.1 Å². The summed E-state index contributed by atoms with van der Waals surface area (Å²) in [6.07, 6.45) is 2.01. The summed E-state index contributed by atoms with van der Waals surface area (Å²) in [6, 6.07) is 8.59. The monoisotopic (exact) mass is 271 g/mol. The van der Waals surface area contributed by atoms with E-state index < -0.39 is 0 Å². The number of rotatable bonds is 6. The summed E-state index contributed by atoms with van der Waals surface area (Å²) in [5, 5.41) is 17.8. The number of carbonyl (C=O) groups excluding carboxylic acids is 1. The molecule has 102 valence electrons. The van der Waals surface area contributed by atoms with Gasteiger partial charge in [0.05, 0.1) is 11.6 Å². The summed E-state index contributed by atoms with van der Waals surface area (Å²) < 4.78 is 5.30. The number of nitrogens with zero attached hydrogens (tertiary/aromatic N) is 3. The molecule has 0 unspecified atom stereocenters. The Kier molecular flexibility index (Phi) is 4.67. The van der Waals surface area contributed by atoms with E-state index in [1.807, 2.05) is 6.07 Å². The van der Waals surface area contributed by atoms with Crippen LogP contribution in [0.25, 0.3) is 0 Å². The fraction of sp³-hybridized carbons (Fsp3) is 0.231. The fourth-order valence-electron chi connectivity index (χ4n) is 1.50. The van der Waals surface area contributed by atoms with Crippen LogP contribution in [0.1, 0.15) is 11.4 Å². The second-order valence-corrected chi connectivity index (χ2v) is 3.96. The summed E-state index contributed by atoms with van der Waals surface area (Å²) >= 11 is 0. The van der Waals surface area contributed by atoms with Crippen molar-refractivity contribution in [2.45, 2.75) is 6.42 Å². The lowest BCUT2D eigenvalue weighted by atomic mass is 10.2. The average molecular weight is 271 g/mol. The van der Waals surface area contributed by atoms with Gasteiger partial charge in [-0.25, -0.2) is 4.98 Å². The number of H-pyrrole nitrogens is 1. The standard InChI is InChI=1S/C13H13N5O2/c14-7-10-1-3-11(4-2-10)20-8-13(19)15-6-5-12-16-9-17-18-12/h1-4,9H,5-6,8H2,(H,15,19)(H,16,17,18). The highest BCUT2D eigenvalue weighted by atomic mass is 16.5. The van der Waals surface area contributed by atoms with Crippen molar-refractivity contribution in [2.24, 2.45) is 0 Å². The van der Waals surface area contributed by atoms with E-state index in [0.717, 1.165) is 5.82 Å². The molecule has 0 fully saturated rings. The number of benzene rings is 1. The van der Waals surface area contributed by atoms with Crippen molar-refractivity contribution >= 4 is 5.91 Å². The van der Waals surface area contributed by atoms with Crippen molar-refractivity contribution < 1.29 is 9.53 Å². The largest absolute Gasteiger partial charge is 0.484 e. The van der Waals surface area contributed by atoms with Gasteiger partial charge in [-0.05, 0) is 24.3 Å². The van der Waals surface area contributed by atoms with E-state index in [9.17, 15) is 4.79 Å². The first-order valence-electron chi connectivity index (χ1n) is 6.02. The van der Waals surface area contributed by atoms with E-state index >= 15 is 0 Å². The van der Waals surface area contributed by atoms with Crippen molar-refractivity contribution in [3.63, 3.8) is 0 Å². The van der Waals surface area contributed by atoms with Gasteiger partial charge in [0.2, 0.25) is 0 Å². The highest BCUT2D eigenvalue weighted by Crippen LogP contribution is 2.11. The fourth-order valence-corrected chi connectivity index (χ4v) is 1.50. The zero-order valence-corrected chi connectivity index (χ0v) is 10.7. The molecule has 0 atom stereocenters. The van der Waals surface area contributed by atoms with Crippen LogP contribution in [-0.2, 0) is 11.2 Å². The van der Waals surface area contributed by atoms with Gasteiger partial charge in [0.15, 0.2) is 6.61 Å². The van der Waals surface area contributed by atoms with E-state index in [0.29, 0.717) is 24.3 Å². The molecule has 0 aliphatic heterocycles. The lowest BCUT2D eigenvalue weighted by Gasteiger charge is -2.06. The normalized spacial score (nSPS) is 9.75. The molecule has 7 nitrogen and oxygen atoms in total. The SMILES string of the molecule is N#Cc1ccc(OCC(=O)NCCc2ncn[nH]2)cc1. The van der Waals surface area contributed by atoms with E-state index in [1.54, 1.807) is 24.3 Å². The highest BCUT2D eigenvalue weighted by molar-refractivity contribution is 5.77. The number of nitrogens with one attached hydrogen (secondary N) is 2. The topological polar surface area (TPSA) is 104 Å². The number of ether oxygens (including phenoxy) is 1. The lowest BCUT2D eigenvalue weighted by Crippen LogP contribution is -2.30. The average Bonchev–Trinajstić information content (AvgIpc) is 2.99. The second kappa shape index (κ2) is 6.89. The molecule has 0 radical (unpaired) electrons. The Labute approximate surface area is 115 Å². The molecule has 2 aromatic rings. The van der Waals surface area contributed by atoms with Crippen LogP contribution in [0.5, 0.6) is 5.75 Å².